The lowest BCUT2D eigenvalue weighted by Crippen LogP contribution is -2.56. The van der Waals surface area contributed by atoms with E-state index < -0.39 is 0 Å². The molecule has 0 spiro atoms. The van der Waals surface area contributed by atoms with Crippen molar-refractivity contribution < 1.29 is 14.3 Å². The minimum Gasteiger partial charge on any atom is -0.459 e. The van der Waals surface area contributed by atoms with Crippen molar-refractivity contribution >= 4 is 16.9 Å². The van der Waals surface area contributed by atoms with E-state index >= 15 is 0 Å². The number of hydrogen-bond donors (Lipinski definition) is 0. The lowest BCUT2D eigenvalue weighted by atomic mass is 9.92. The van der Waals surface area contributed by atoms with Crippen LogP contribution in [0, 0.1) is 0 Å². The fourth-order valence-corrected chi connectivity index (χ4v) is 4.28. The van der Waals surface area contributed by atoms with Gasteiger partial charge in [0.1, 0.15) is 6.10 Å². The maximum atomic E-state index is 13.1. The maximum Gasteiger partial charge on any atom is 0.340 e. The fourth-order valence-electron chi connectivity index (χ4n) is 4.28. The summed E-state index contributed by atoms with van der Waals surface area (Å²) >= 11 is 0. The van der Waals surface area contributed by atoms with Gasteiger partial charge in [0.05, 0.1) is 24.3 Å². The summed E-state index contributed by atoms with van der Waals surface area (Å²) in [5, 5.41) is 0.844. The number of fused-ring (bicyclic) bond motifs is 3. The standard InChI is InChI=1S/C21H22N4O3/c1-24-14-9-16(10-15(24)13-27-12-14)28-20(26)18-11-25(21-22-7-4-8-23-21)19-6-3-2-5-17(18)19/h2-8,11,14-16H,9-10,12-13H2,1H3/t14-,15+,16-. The quantitative estimate of drug-likeness (QED) is 0.652. The molecule has 0 unspecified atom stereocenters. The third-order valence-corrected chi connectivity index (χ3v) is 5.82. The van der Waals surface area contributed by atoms with Crippen molar-refractivity contribution in [3.05, 3.63) is 54.5 Å². The van der Waals surface area contributed by atoms with Crippen LogP contribution in [-0.4, -0.2) is 63.9 Å². The molecule has 3 aromatic rings. The zero-order chi connectivity index (χ0) is 19.1. The lowest BCUT2D eigenvalue weighted by molar-refractivity contribution is -0.0970. The molecule has 2 saturated heterocycles. The number of piperidine rings is 1. The van der Waals surface area contributed by atoms with Crippen molar-refractivity contribution in [3.63, 3.8) is 0 Å². The van der Waals surface area contributed by atoms with Crippen LogP contribution in [0.25, 0.3) is 16.9 Å². The average molecular weight is 378 g/mol. The first kappa shape index (κ1) is 17.3. The molecule has 1 aromatic carbocycles. The van der Waals surface area contributed by atoms with Crippen LogP contribution in [0.4, 0.5) is 0 Å². The van der Waals surface area contributed by atoms with E-state index in [0.717, 1.165) is 23.7 Å². The van der Waals surface area contributed by atoms with E-state index in [9.17, 15) is 4.79 Å². The molecule has 7 nitrogen and oxygen atoms in total. The summed E-state index contributed by atoms with van der Waals surface area (Å²) in [6.07, 6.45) is 6.68. The minimum absolute atomic E-state index is 0.0855. The molecule has 2 aliphatic heterocycles. The molecule has 0 radical (unpaired) electrons. The van der Waals surface area contributed by atoms with Crippen molar-refractivity contribution in [1.29, 1.82) is 0 Å². The van der Waals surface area contributed by atoms with Gasteiger partial charge in [-0.25, -0.2) is 14.8 Å². The summed E-state index contributed by atoms with van der Waals surface area (Å²) in [4.78, 5) is 24.0. The average Bonchev–Trinajstić information content (AvgIpc) is 3.09. The van der Waals surface area contributed by atoms with Crippen molar-refractivity contribution in [3.8, 4) is 5.95 Å². The molecule has 0 N–H and O–H groups in total. The van der Waals surface area contributed by atoms with Gasteiger partial charge in [0, 0.05) is 48.9 Å². The van der Waals surface area contributed by atoms with Crippen LogP contribution in [0.5, 0.6) is 0 Å². The van der Waals surface area contributed by atoms with Crippen LogP contribution in [0.1, 0.15) is 23.2 Å². The molecule has 7 heteroatoms. The topological polar surface area (TPSA) is 69.5 Å². The third kappa shape index (κ3) is 2.96. The predicted octanol–water partition coefficient (Wildman–Crippen LogP) is 2.44. The number of carbonyl (C=O) groups is 1. The van der Waals surface area contributed by atoms with Gasteiger partial charge in [-0.15, -0.1) is 0 Å². The largest absolute Gasteiger partial charge is 0.459 e. The number of para-hydroxylation sites is 1. The predicted molar refractivity (Wildman–Crippen MR) is 103 cm³/mol. The van der Waals surface area contributed by atoms with Crippen LogP contribution in [-0.2, 0) is 9.47 Å². The van der Waals surface area contributed by atoms with Crippen molar-refractivity contribution in [2.45, 2.75) is 31.0 Å². The van der Waals surface area contributed by atoms with Gasteiger partial charge < -0.3 is 9.47 Å². The van der Waals surface area contributed by atoms with E-state index in [4.69, 9.17) is 9.47 Å². The molecule has 2 bridgehead atoms. The summed E-state index contributed by atoms with van der Waals surface area (Å²) in [6, 6.07) is 10.1. The second-order valence-electron chi connectivity index (χ2n) is 7.49. The van der Waals surface area contributed by atoms with Gasteiger partial charge in [-0.3, -0.25) is 9.47 Å². The van der Waals surface area contributed by atoms with Crippen LogP contribution in [0.2, 0.25) is 0 Å². The Hall–Kier alpha value is -2.77. The van der Waals surface area contributed by atoms with Crippen molar-refractivity contribution in [1.82, 2.24) is 19.4 Å². The first-order valence-electron chi connectivity index (χ1n) is 9.59. The Morgan fingerprint density at radius 2 is 1.82 bits per heavy atom. The summed E-state index contributed by atoms with van der Waals surface area (Å²) in [5.41, 5.74) is 1.43. The van der Waals surface area contributed by atoms with E-state index in [0.29, 0.717) is 36.8 Å². The number of aromatic nitrogens is 3. The van der Waals surface area contributed by atoms with Gasteiger partial charge in [0.25, 0.3) is 0 Å². The highest BCUT2D eigenvalue weighted by atomic mass is 16.5. The van der Waals surface area contributed by atoms with E-state index in [1.54, 1.807) is 24.7 Å². The van der Waals surface area contributed by atoms with Gasteiger partial charge in [-0.1, -0.05) is 18.2 Å². The number of benzene rings is 1. The van der Waals surface area contributed by atoms with Crippen LogP contribution < -0.4 is 0 Å². The monoisotopic (exact) mass is 378 g/mol. The van der Waals surface area contributed by atoms with Gasteiger partial charge in [0.15, 0.2) is 0 Å². The molecule has 3 atom stereocenters. The Bertz CT molecular complexity index is 989. The molecule has 28 heavy (non-hydrogen) atoms. The number of morpholine rings is 1. The molecule has 2 aliphatic rings. The number of rotatable bonds is 3. The lowest BCUT2D eigenvalue weighted by Gasteiger charge is -2.46. The van der Waals surface area contributed by atoms with Crippen LogP contribution in [0.15, 0.2) is 48.9 Å². The summed E-state index contributed by atoms with van der Waals surface area (Å²) < 4.78 is 13.4. The number of likely N-dealkylation sites (N-methyl/N-ethyl adjacent to an activating group) is 1. The summed E-state index contributed by atoms with van der Waals surface area (Å²) in [5.74, 6) is 0.239. The van der Waals surface area contributed by atoms with Crippen molar-refractivity contribution in [2.75, 3.05) is 20.3 Å². The molecule has 2 fully saturated rings. The fraction of sp³-hybridized carbons (Fsp3) is 0.381. The van der Waals surface area contributed by atoms with Gasteiger partial charge in [-0.2, -0.15) is 0 Å². The molecule has 2 aromatic heterocycles. The van der Waals surface area contributed by atoms with Crippen LogP contribution in [0.3, 0.4) is 0 Å². The second-order valence-corrected chi connectivity index (χ2v) is 7.49. The van der Waals surface area contributed by atoms with E-state index in [1.807, 2.05) is 28.8 Å². The molecule has 0 aliphatic carbocycles. The maximum absolute atomic E-state index is 13.1. The molecular formula is C21H22N4O3. The Kier molecular flexibility index (Phi) is 4.33. The zero-order valence-electron chi connectivity index (χ0n) is 15.7. The molecule has 4 heterocycles. The third-order valence-electron chi connectivity index (χ3n) is 5.82. The van der Waals surface area contributed by atoms with E-state index in [1.165, 1.54) is 0 Å². The molecule has 144 valence electrons. The molecule has 0 saturated carbocycles. The van der Waals surface area contributed by atoms with E-state index in [-0.39, 0.29) is 12.1 Å². The molecular weight excluding hydrogens is 356 g/mol. The number of hydrogen-bond acceptors (Lipinski definition) is 6. The smallest absolute Gasteiger partial charge is 0.340 e. The van der Waals surface area contributed by atoms with Gasteiger partial charge >= 0.3 is 5.97 Å². The van der Waals surface area contributed by atoms with Crippen molar-refractivity contribution in [2.24, 2.45) is 0 Å². The Morgan fingerprint density at radius 3 is 2.57 bits per heavy atom. The highest BCUT2D eigenvalue weighted by Gasteiger charge is 2.38. The SMILES string of the molecule is CN1[C@@H]2COC[C@H]1C[C@@H](OC(=O)c1cn(-c3ncccn3)c3ccccc13)C2. The van der Waals surface area contributed by atoms with Gasteiger partial charge in [-0.05, 0) is 19.2 Å². The molecule has 0 amide bonds. The Labute approximate surface area is 162 Å². The minimum atomic E-state index is -0.292. The zero-order valence-corrected chi connectivity index (χ0v) is 15.7. The first-order valence-corrected chi connectivity index (χ1v) is 9.59. The Balaban J connectivity index is 1.44. The highest BCUT2D eigenvalue weighted by Crippen LogP contribution is 2.30. The first-order chi connectivity index (χ1) is 13.7. The summed E-state index contributed by atoms with van der Waals surface area (Å²) in [6.45, 7) is 1.40. The van der Waals surface area contributed by atoms with E-state index in [2.05, 4.69) is 21.9 Å². The highest BCUT2D eigenvalue weighted by molar-refractivity contribution is 6.04. The normalized spacial score (nSPS) is 25.0. The second kappa shape index (κ2) is 7.00. The summed E-state index contributed by atoms with van der Waals surface area (Å²) in [7, 11) is 2.13. The molecule has 5 rings (SSSR count). The van der Waals surface area contributed by atoms with Crippen LogP contribution >= 0.6 is 0 Å². The number of carbonyl (C=O) groups excluding carboxylic acids is 1. The number of nitrogens with zero attached hydrogens (tertiary/aromatic N) is 4. The number of ether oxygens (including phenoxy) is 2. The Morgan fingerprint density at radius 1 is 1.11 bits per heavy atom. The number of esters is 1. The van der Waals surface area contributed by atoms with Gasteiger partial charge in [0.2, 0.25) is 5.95 Å².